The van der Waals surface area contributed by atoms with E-state index in [0.717, 1.165) is 4.90 Å². The van der Waals surface area contributed by atoms with E-state index in [1.54, 1.807) is 0 Å². The summed E-state index contributed by atoms with van der Waals surface area (Å²) in [6, 6.07) is 9.70. The lowest BCUT2D eigenvalue weighted by atomic mass is 10.4. The highest BCUT2D eigenvalue weighted by atomic mass is 35.5. The molecule has 0 aliphatic carbocycles. The normalized spacial score (nSPS) is 6.31. The number of carbonyl (C=O) groups excluding carboxylic acids is 1. The number of amides is 1. The first-order valence-electron chi connectivity index (χ1n) is 3.27. The van der Waals surface area contributed by atoms with Crippen LogP contribution in [0.25, 0.3) is 0 Å². The van der Waals surface area contributed by atoms with E-state index < -0.39 is 0 Å². The zero-order chi connectivity index (χ0) is 8.10. The average Bonchev–Trinajstić information content (AvgIpc) is 2.03. The fourth-order valence-electron chi connectivity index (χ4n) is 0.619. The Morgan fingerprint density at radius 3 is 1.88 bits per heavy atom. The van der Waals surface area contributed by atoms with Crippen molar-refractivity contribution in [2.45, 2.75) is 11.8 Å². The van der Waals surface area contributed by atoms with Crippen LogP contribution in [0.15, 0.2) is 35.2 Å². The summed E-state index contributed by atoms with van der Waals surface area (Å²) >= 11 is 1.33. The highest BCUT2D eigenvalue weighted by Crippen LogP contribution is 2.12. The molecule has 1 amide bonds. The molecule has 0 aliphatic heterocycles. The molecule has 1 aromatic carbocycles. The molecule has 0 aromatic heterocycles. The number of carbonyl (C=O) groups is 1. The lowest BCUT2D eigenvalue weighted by molar-refractivity contribution is -0.117. The van der Waals surface area contributed by atoms with Gasteiger partial charge in [-0.15, -0.1) is 12.4 Å². The molecule has 0 heterocycles. The molecule has 0 fully saturated rings. The second-order valence-corrected chi connectivity index (χ2v) is 2.95. The molecule has 0 radical (unpaired) electrons. The van der Waals surface area contributed by atoms with E-state index in [0.29, 0.717) is 0 Å². The van der Waals surface area contributed by atoms with Gasteiger partial charge in [-0.2, -0.15) is 0 Å². The van der Waals surface area contributed by atoms with Gasteiger partial charge in [-0.1, -0.05) is 18.2 Å². The van der Waals surface area contributed by atoms with Crippen LogP contribution in [0.1, 0.15) is 6.92 Å². The molecule has 1 N–H and O–H groups in total. The number of halogens is 5. The fourth-order valence-corrected chi connectivity index (χ4v) is 1.17. The molecule has 0 bridgehead atoms. The van der Waals surface area contributed by atoms with Gasteiger partial charge in [0.2, 0.25) is 5.91 Å². The van der Waals surface area contributed by atoms with E-state index in [1.165, 1.54) is 18.9 Å². The molecule has 16 heavy (non-hydrogen) atoms. The maximum atomic E-state index is 10.5. The maximum Gasteiger partial charge on any atom is 0.226 e. The summed E-state index contributed by atoms with van der Waals surface area (Å²) in [5.74, 6) is -0.0288. The third-order valence-electron chi connectivity index (χ3n) is 1.06. The molecule has 0 saturated carbocycles. The van der Waals surface area contributed by atoms with Crippen LogP contribution < -0.4 is 4.72 Å². The minimum atomic E-state index is -0.0288. The topological polar surface area (TPSA) is 29.1 Å². The molecule has 0 spiro atoms. The van der Waals surface area contributed by atoms with Crippen LogP contribution in [-0.4, -0.2) is 5.91 Å². The Kier molecular flexibility index (Phi) is 30.3. The van der Waals surface area contributed by atoms with Crippen molar-refractivity contribution < 1.29 is 23.6 Å². The van der Waals surface area contributed by atoms with Crippen molar-refractivity contribution in [3.8, 4) is 0 Å². The third-order valence-corrected chi connectivity index (χ3v) is 1.95. The Hall–Kier alpha value is -0.950. The summed E-state index contributed by atoms with van der Waals surface area (Å²) < 4.78 is 2.64. The predicted octanol–water partition coefficient (Wildman–Crippen LogP) is 2.86. The number of nitrogens with one attached hydrogen (secondary N) is 1. The maximum absolute atomic E-state index is 10.5. The molecule has 1 aromatic rings. The number of hydrogen-bond donors (Lipinski definition) is 1. The van der Waals surface area contributed by atoms with E-state index in [2.05, 4.69) is 4.72 Å². The lowest BCUT2D eigenvalue weighted by Gasteiger charge is -1.98. The smallest absolute Gasteiger partial charge is 0.226 e. The van der Waals surface area contributed by atoms with Crippen molar-refractivity contribution in [1.82, 2.24) is 4.72 Å². The number of hydrogen-bond acceptors (Lipinski definition) is 2. The Morgan fingerprint density at radius 1 is 1.06 bits per heavy atom. The second-order valence-electron chi connectivity index (χ2n) is 2.07. The number of benzene rings is 1. The van der Waals surface area contributed by atoms with E-state index in [4.69, 9.17) is 0 Å². The third kappa shape index (κ3) is 13.0. The van der Waals surface area contributed by atoms with Gasteiger partial charge in [0.05, 0.1) is 0 Å². The molecular formula is C8H14ClF4NOS. The van der Waals surface area contributed by atoms with Gasteiger partial charge >= 0.3 is 0 Å². The van der Waals surface area contributed by atoms with Crippen LogP contribution in [0.3, 0.4) is 0 Å². The summed E-state index contributed by atoms with van der Waals surface area (Å²) in [5.41, 5.74) is 0. The van der Waals surface area contributed by atoms with Crippen molar-refractivity contribution in [2.75, 3.05) is 0 Å². The van der Waals surface area contributed by atoms with Crippen LogP contribution in [0.5, 0.6) is 0 Å². The molecule has 0 aliphatic rings. The van der Waals surface area contributed by atoms with Gasteiger partial charge in [0.15, 0.2) is 0 Å². The summed E-state index contributed by atoms with van der Waals surface area (Å²) in [5, 5.41) is 0. The average molecular weight is 284 g/mol. The SMILES string of the molecule is CC(=O)NSc1ccccc1.Cl.F.F.F.F. The Bertz CT molecular complexity index is 253. The van der Waals surface area contributed by atoms with Gasteiger partial charge < -0.3 is 0 Å². The second kappa shape index (κ2) is 16.5. The van der Waals surface area contributed by atoms with E-state index in [-0.39, 0.29) is 37.1 Å². The quantitative estimate of drug-likeness (QED) is 0.668. The first kappa shape index (κ1) is 29.4. The molecule has 2 nitrogen and oxygen atoms in total. The minimum absolute atomic E-state index is 0. The summed E-state index contributed by atoms with van der Waals surface area (Å²) in [6.45, 7) is 1.50. The lowest BCUT2D eigenvalue weighted by Crippen LogP contribution is -2.09. The van der Waals surface area contributed by atoms with Crippen LogP contribution in [0.2, 0.25) is 0 Å². The zero-order valence-corrected chi connectivity index (χ0v) is 9.88. The van der Waals surface area contributed by atoms with Crippen molar-refractivity contribution in [1.29, 1.82) is 0 Å². The van der Waals surface area contributed by atoms with Crippen molar-refractivity contribution >= 4 is 30.3 Å². The number of rotatable bonds is 2. The zero-order valence-electron chi connectivity index (χ0n) is 8.24. The van der Waals surface area contributed by atoms with E-state index in [9.17, 15) is 4.79 Å². The summed E-state index contributed by atoms with van der Waals surface area (Å²) in [6.07, 6.45) is 0. The van der Waals surface area contributed by atoms with Crippen LogP contribution in [-0.2, 0) is 4.79 Å². The molecule has 8 heteroatoms. The molecule has 0 saturated heterocycles. The van der Waals surface area contributed by atoms with Crippen molar-refractivity contribution in [3.05, 3.63) is 30.3 Å². The van der Waals surface area contributed by atoms with Gasteiger partial charge in [-0.25, -0.2) is 0 Å². The van der Waals surface area contributed by atoms with Crippen molar-refractivity contribution in [2.24, 2.45) is 0 Å². The fraction of sp³-hybridized carbons (Fsp3) is 0.125. The van der Waals surface area contributed by atoms with Gasteiger partial charge in [0.25, 0.3) is 0 Å². The van der Waals surface area contributed by atoms with Crippen molar-refractivity contribution in [3.63, 3.8) is 0 Å². The van der Waals surface area contributed by atoms with Crippen LogP contribution in [0, 0.1) is 0 Å². The van der Waals surface area contributed by atoms with Crippen LogP contribution in [0.4, 0.5) is 18.8 Å². The molecular weight excluding hydrogens is 270 g/mol. The predicted molar refractivity (Wildman–Crippen MR) is 63.4 cm³/mol. The first-order chi connectivity index (χ1) is 5.29. The Morgan fingerprint density at radius 2 is 1.50 bits per heavy atom. The Labute approximate surface area is 101 Å². The summed E-state index contributed by atoms with van der Waals surface area (Å²) in [4.78, 5) is 11.5. The molecule has 0 atom stereocenters. The van der Waals surface area contributed by atoms with Gasteiger partial charge in [-0.3, -0.25) is 28.3 Å². The van der Waals surface area contributed by atoms with E-state index >= 15 is 0 Å². The largest absolute Gasteiger partial charge is 0.296 e. The Balaban J connectivity index is -0.0000000807. The molecule has 0 unspecified atom stereocenters. The van der Waals surface area contributed by atoms with Gasteiger partial charge in [0.1, 0.15) is 0 Å². The summed E-state index contributed by atoms with van der Waals surface area (Å²) in [7, 11) is 0. The molecule has 1 rings (SSSR count). The molecule has 98 valence electrons. The van der Waals surface area contributed by atoms with E-state index in [1.807, 2.05) is 30.3 Å². The highest BCUT2D eigenvalue weighted by molar-refractivity contribution is 7.98. The van der Waals surface area contributed by atoms with Crippen LogP contribution >= 0.6 is 24.4 Å². The monoisotopic (exact) mass is 283 g/mol. The van der Waals surface area contributed by atoms with Gasteiger partial charge in [0, 0.05) is 11.8 Å². The standard InChI is InChI=1S/C8H9NOS.ClH.4FH/c1-7(10)9-11-8-5-3-2-4-6-8;;;;;/h2-6H,1H3,(H,9,10);5*1H. The van der Waals surface area contributed by atoms with Gasteiger partial charge in [-0.05, 0) is 24.1 Å². The minimum Gasteiger partial charge on any atom is -0.296 e. The highest BCUT2D eigenvalue weighted by Gasteiger charge is 1.92. The first-order valence-corrected chi connectivity index (χ1v) is 4.09.